The van der Waals surface area contributed by atoms with Crippen molar-refractivity contribution >= 4 is 51.5 Å². The quantitative estimate of drug-likeness (QED) is 0.428. The van der Waals surface area contributed by atoms with E-state index in [1.165, 1.54) is 57.8 Å². The summed E-state index contributed by atoms with van der Waals surface area (Å²) in [5, 5.41) is 8.46. The third-order valence-electron chi connectivity index (χ3n) is 2.99. The summed E-state index contributed by atoms with van der Waals surface area (Å²) in [5.41, 5.74) is 0. The number of carboxylic acids is 1. The van der Waals surface area contributed by atoms with Gasteiger partial charge in [-0.15, -0.1) is 0 Å². The predicted molar refractivity (Wildman–Crippen MR) is 74.5 cm³/mol. The van der Waals surface area contributed by atoms with E-state index in [-0.39, 0.29) is 45.5 Å². The Morgan fingerprint density at radius 2 is 1.12 bits per heavy atom. The van der Waals surface area contributed by atoms with Crippen LogP contribution in [0.2, 0.25) is 0 Å². The van der Waals surface area contributed by atoms with Crippen LogP contribution in [0.1, 0.15) is 84.0 Å². The number of aliphatic carboxylic acids is 1. The first kappa shape index (κ1) is 20.3. The van der Waals surface area contributed by atoms with Crippen LogP contribution in [0.3, 0.4) is 0 Å². The number of hydrogen-bond donors (Lipinski definition) is 1. The van der Waals surface area contributed by atoms with Gasteiger partial charge in [0, 0.05) is 6.42 Å². The predicted octanol–water partition coefficient (Wildman–Crippen LogP) is 4.39. The molecule has 0 aliphatic heterocycles. The van der Waals surface area contributed by atoms with Crippen LogP contribution in [0.4, 0.5) is 0 Å². The number of unbranched alkanes of at least 4 members (excludes halogenated alkanes) is 10. The second-order valence-corrected chi connectivity index (χ2v) is 4.68. The van der Waals surface area contributed by atoms with Crippen LogP contribution in [-0.2, 0) is 4.79 Å². The number of carboxylic acid groups (broad SMARTS) is 1. The Hall–Kier alpha value is 0.951. The van der Waals surface area contributed by atoms with Gasteiger partial charge in [-0.2, -0.15) is 0 Å². The summed E-state index contributed by atoms with van der Waals surface area (Å²) in [4.78, 5) is 10.3. The van der Waals surface area contributed by atoms with Crippen molar-refractivity contribution < 1.29 is 9.90 Å². The SMILES string of the molecule is CCCCCCCCCCCCCC(=O)O.[Sr+2]. The van der Waals surface area contributed by atoms with Crippen molar-refractivity contribution in [1.29, 1.82) is 0 Å². The molecule has 0 spiro atoms. The molecule has 1 N–H and O–H groups in total. The van der Waals surface area contributed by atoms with Gasteiger partial charge in [-0.25, -0.2) is 0 Å². The van der Waals surface area contributed by atoms with E-state index in [4.69, 9.17) is 5.11 Å². The minimum atomic E-state index is -0.657. The molecule has 96 valence electrons. The Labute approximate surface area is 144 Å². The summed E-state index contributed by atoms with van der Waals surface area (Å²) in [5.74, 6) is -0.657. The van der Waals surface area contributed by atoms with Gasteiger partial charge in [0.05, 0.1) is 0 Å². The smallest absolute Gasteiger partial charge is 0.481 e. The molecule has 17 heavy (non-hydrogen) atoms. The molecule has 0 bridgehead atoms. The van der Waals surface area contributed by atoms with Gasteiger partial charge in [-0.1, -0.05) is 71.1 Å². The molecule has 0 rings (SSSR count). The summed E-state index contributed by atoms with van der Waals surface area (Å²) in [6.45, 7) is 2.25. The fourth-order valence-electron chi connectivity index (χ4n) is 1.94. The van der Waals surface area contributed by atoms with Crippen molar-refractivity contribution in [2.24, 2.45) is 0 Å². The normalized spacial score (nSPS) is 9.94. The molecule has 0 saturated heterocycles. The molecule has 0 aromatic rings. The summed E-state index contributed by atoms with van der Waals surface area (Å²) < 4.78 is 0. The van der Waals surface area contributed by atoms with Crippen molar-refractivity contribution in [3.05, 3.63) is 0 Å². The number of carbonyl (C=O) groups is 1. The largest absolute Gasteiger partial charge is 2.00 e. The molecule has 0 aromatic carbocycles. The Morgan fingerprint density at radius 3 is 1.47 bits per heavy atom. The third-order valence-corrected chi connectivity index (χ3v) is 2.99. The zero-order chi connectivity index (χ0) is 12.1. The first-order valence-electron chi connectivity index (χ1n) is 6.99. The maximum Gasteiger partial charge on any atom is 2.00 e. The summed E-state index contributed by atoms with van der Waals surface area (Å²) in [6.07, 6.45) is 14.4. The maximum absolute atomic E-state index is 10.3. The van der Waals surface area contributed by atoms with Gasteiger partial charge in [0.15, 0.2) is 0 Å². The molecule has 0 aliphatic rings. The molecule has 0 heterocycles. The van der Waals surface area contributed by atoms with Gasteiger partial charge >= 0.3 is 51.5 Å². The molecule has 0 atom stereocenters. The fourth-order valence-corrected chi connectivity index (χ4v) is 1.94. The monoisotopic (exact) mass is 316 g/mol. The van der Waals surface area contributed by atoms with E-state index in [0.717, 1.165) is 12.8 Å². The van der Waals surface area contributed by atoms with Crippen LogP contribution < -0.4 is 0 Å². The molecule has 0 saturated carbocycles. The average Bonchev–Trinajstić information content (AvgIpc) is 2.25. The van der Waals surface area contributed by atoms with Crippen LogP contribution in [0.25, 0.3) is 0 Å². The third kappa shape index (κ3) is 19.5. The van der Waals surface area contributed by atoms with E-state index in [2.05, 4.69) is 6.92 Å². The maximum atomic E-state index is 10.3. The van der Waals surface area contributed by atoms with E-state index in [1.807, 2.05) is 0 Å². The van der Waals surface area contributed by atoms with Gasteiger partial charge in [0.2, 0.25) is 0 Å². The molecular weight excluding hydrogens is 288 g/mol. The molecule has 3 heteroatoms. The first-order valence-corrected chi connectivity index (χ1v) is 6.99. The summed E-state index contributed by atoms with van der Waals surface area (Å²) in [7, 11) is 0. The summed E-state index contributed by atoms with van der Waals surface area (Å²) in [6, 6.07) is 0. The molecule has 0 unspecified atom stereocenters. The zero-order valence-corrected chi connectivity index (χ0v) is 15.0. The van der Waals surface area contributed by atoms with E-state index >= 15 is 0 Å². The minimum Gasteiger partial charge on any atom is -0.481 e. The topological polar surface area (TPSA) is 37.3 Å². The fraction of sp³-hybridized carbons (Fsp3) is 0.929. The van der Waals surface area contributed by atoms with E-state index in [0.29, 0.717) is 6.42 Å². The van der Waals surface area contributed by atoms with Crippen molar-refractivity contribution in [1.82, 2.24) is 0 Å². The first-order chi connectivity index (χ1) is 7.77. The Bertz CT molecular complexity index is 160. The van der Waals surface area contributed by atoms with Crippen LogP contribution in [0.5, 0.6) is 0 Å². The molecule has 2 nitrogen and oxygen atoms in total. The van der Waals surface area contributed by atoms with Gasteiger partial charge in [0.25, 0.3) is 0 Å². The van der Waals surface area contributed by atoms with Crippen molar-refractivity contribution in [2.75, 3.05) is 0 Å². The van der Waals surface area contributed by atoms with Gasteiger partial charge in [0.1, 0.15) is 0 Å². The second-order valence-electron chi connectivity index (χ2n) is 4.68. The molecule has 0 aliphatic carbocycles. The average molecular weight is 316 g/mol. The number of rotatable bonds is 12. The minimum absolute atomic E-state index is 0. The van der Waals surface area contributed by atoms with Crippen LogP contribution in [-0.4, -0.2) is 56.6 Å². The standard InChI is InChI=1S/C14H28O2.Sr/c1-2-3-4-5-6-7-8-9-10-11-12-13-14(15)16;/h2-13H2,1H3,(H,15,16);/q;+2. The van der Waals surface area contributed by atoms with Crippen molar-refractivity contribution in [3.63, 3.8) is 0 Å². The molecule has 0 amide bonds. The Morgan fingerprint density at radius 1 is 0.765 bits per heavy atom. The van der Waals surface area contributed by atoms with Gasteiger partial charge in [-0.05, 0) is 6.42 Å². The second kappa shape index (κ2) is 17.0. The zero-order valence-electron chi connectivity index (χ0n) is 11.5. The van der Waals surface area contributed by atoms with E-state index < -0.39 is 5.97 Å². The molecular formula is C14H28O2Sr+2. The Kier molecular flexibility index (Phi) is 20.2. The van der Waals surface area contributed by atoms with Gasteiger partial charge < -0.3 is 5.11 Å². The van der Waals surface area contributed by atoms with E-state index in [1.54, 1.807) is 0 Å². The molecule has 0 aromatic heterocycles. The summed E-state index contributed by atoms with van der Waals surface area (Å²) >= 11 is 0. The molecule has 0 radical (unpaired) electrons. The van der Waals surface area contributed by atoms with Crippen LogP contribution >= 0.6 is 0 Å². The van der Waals surface area contributed by atoms with Crippen LogP contribution in [0.15, 0.2) is 0 Å². The van der Waals surface area contributed by atoms with Crippen molar-refractivity contribution in [3.8, 4) is 0 Å². The van der Waals surface area contributed by atoms with Crippen LogP contribution in [0, 0.1) is 0 Å². The number of hydrogen-bond acceptors (Lipinski definition) is 1. The van der Waals surface area contributed by atoms with E-state index in [9.17, 15) is 4.79 Å². The Balaban J connectivity index is 0. The molecule has 0 fully saturated rings. The van der Waals surface area contributed by atoms with Gasteiger partial charge in [-0.3, -0.25) is 4.79 Å². The van der Waals surface area contributed by atoms with Crippen molar-refractivity contribution in [2.45, 2.75) is 84.0 Å².